The van der Waals surface area contributed by atoms with Gasteiger partial charge >= 0.3 is 0 Å². The van der Waals surface area contributed by atoms with E-state index in [0.717, 1.165) is 32.7 Å². The van der Waals surface area contributed by atoms with E-state index in [2.05, 4.69) is 25.7 Å². The quantitative estimate of drug-likeness (QED) is 0.741. The molecule has 1 atom stereocenters. The first kappa shape index (κ1) is 12.0. The van der Waals surface area contributed by atoms with Gasteiger partial charge in [0.15, 0.2) is 0 Å². The first-order valence-electron chi connectivity index (χ1n) is 5.61. The van der Waals surface area contributed by atoms with Gasteiger partial charge in [-0.1, -0.05) is 0 Å². The van der Waals surface area contributed by atoms with Crippen LogP contribution in [0.1, 0.15) is 33.6 Å². The molecule has 1 saturated heterocycles. The van der Waals surface area contributed by atoms with E-state index >= 15 is 0 Å². The lowest BCUT2D eigenvalue weighted by atomic mass is 10.0. The van der Waals surface area contributed by atoms with Crippen LogP contribution in [0.15, 0.2) is 0 Å². The highest BCUT2D eigenvalue weighted by molar-refractivity contribution is 4.84. The molecule has 0 amide bonds. The van der Waals surface area contributed by atoms with E-state index in [-0.39, 0.29) is 5.54 Å². The van der Waals surface area contributed by atoms with Crippen LogP contribution in [-0.2, 0) is 4.74 Å². The fraction of sp³-hybridized carbons (Fsp3) is 1.00. The van der Waals surface area contributed by atoms with Crippen LogP contribution in [0.4, 0.5) is 0 Å². The minimum atomic E-state index is 0.204. The third-order valence-electron chi connectivity index (χ3n) is 2.90. The van der Waals surface area contributed by atoms with Gasteiger partial charge in [0.05, 0.1) is 13.2 Å². The molecule has 2 N–H and O–H groups in total. The van der Waals surface area contributed by atoms with Crippen molar-refractivity contribution in [3.63, 3.8) is 0 Å². The van der Waals surface area contributed by atoms with Gasteiger partial charge in [0, 0.05) is 18.1 Å². The molecule has 1 fully saturated rings. The maximum absolute atomic E-state index is 5.73. The van der Waals surface area contributed by atoms with Crippen LogP contribution >= 0.6 is 0 Å². The van der Waals surface area contributed by atoms with Crippen molar-refractivity contribution in [3.8, 4) is 0 Å². The predicted octanol–water partition coefficient (Wildman–Crippen LogP) is 1.22. The summed E-state index contributed by atoms with van der Waals surface area (Å²) in [6.07, 6.45) is 2.31. The standard InChI is InChI=1S/C11H24N2O/c1-10(12)5-4-6-13-7-8-14-9-11(13,2)3/h10H,4-9,12H2,1-3H3. The normalized spacial score (nSPS) is 24.9. The van der Waals surface area contributed by atoms with Crippen molar-refractivity contribution >= 4 is 0 Å². The van der Waals surface area contributed by atoms with Gasteiger partial charge in [-0.15, -0.1) is 0 Å². The Bertz CT molecular complexity index is 169. The average Bonchev–Trinajstić information content (AvgIpc) is 2.07. The summed E-state index contributed by atoms with van der Waals surface area (Å²) in [6, 6.07) is 0.333. The number of morpholine rings is 1. The Balaban J connectivity index is 2.27. The minimum absolute atomic E-state index is 0.204. The van der Waals surface area contributed by atoms with Crippen molar-refractivity contribution < 1.29 is 4.74 Å². The molecule has 1 unspecified atom stereocenters. The van der Waals surface area contributed by atoms with E-state index in [1.165, 1.54) is 6.42 Å². The second-order valence-corrected chi connectivity index (χ2v) is 4.97. The summed E-state index contributed by atoms with van der Waals surface area (Å²) in [4.78, 5) is 2.51. The number of hydrogen-bond donors (Lipinski definition) is 1. The number of hydrogen-bond acceptors (Lipinski definition) is 3. The molecule has 84 valence electrons. The average molecular weight is 200 g/mol. The Morgan fingerprint density at radius 2 is 2.21 bits per heavy atom. The molecular weight excluding hydrogens is 176 g/mol. The van der Waals surface area contributed by atoms with Crippen molar-refractivity contribution in [1.29, 1.82) is 0 Å². The lowest BCUT2D eigenvalue weighted by Crippen LogP contribution is -2.53. The first-order valence-corrected chi connectivity index (χ1v) is 5.61. The minimum Gasteiger partial charge on any atom is -0.378 e. The number of rotatable bonds is 4. The highest BCUT2D eigenvalue weighted by Crippen LogP contribution is 2.19. The maximum Gasteiger partial charge on any atom is 0.0645 e. The molecule has 3 nitrogen and oxygen atoms in total. The van der Waals surface area contributed by atoms with E-state index < -0.39 is 0 Å². The molecule has 1 aliphatic rings. The summed E-state index contributed by atoms with van der Waals surface area (Å²) in [5.41, 5.74) is 5.94. The molecule has 1 rings (SSSR count). The molecule has 3 heteroatoms. The molecule has 0 aromatic rings. The fourth-order valence-electron chi connectivity index (χ4n) is 1.91. The zero-order valence-electron chi connectivity index (χ0n) is 9.75. The fourth-order valence-corrected chi connectivity index (χ4v) is 1.91. The van der Waals surface area contributed by atoms with Gasteiger partial charge in [-0.2, -0.15) is 0 Å². The lowest BCUT2D eigenvalue weighted by Gasteiger charge is -2.42. The van der Waals surface area contributed by atoms with Gasteiger partial charge in [-0.05, 0) is 40.2 Å². The van der Waals surface area contributed by atoms with Gasteiger partial charge in [-0.25, -0.2) is 0 Å². The molecular formula is C11H24N2O. The SMILES string of the molecule is CC(N)CCCN1CCOCC1(C)C. The van der Waals surface area contributed by atoms with Gasteiger partial charge in [0.25, 0.3) is 0 Å². The van der Waals surface area contributed by atoms with Crippen LogP contribution in [0.3, 0.4) is 0 Å². The van der Waals surface area contributed by atoms with Crippen LogP contribution in [0.2, 0.25) is 0 Å². The highest BCUT2D eigenvalue weighted by atomic mass is 16.5. The van der Waals surface area contributed by atoms with Gasteiger partial charge in [-0.3, -0.25) is 4.90 Å². The molecule has 0 aliphatic carbocycles. The van der Waals surface area contributed by atoms with E-state index in [4.69, 9.17) is 10.5 Å². The molecule has 0 saturated carbocycles. The van der Waals surface area contributed by atoms with E-state index in [1.54, 1.807) is 0 Å². The van der Waals surface area contributed by atoms with Crippen molar-refractivity contribution in [2.75, 3.05) is 26.3 Å². The third kappa shape index (κ3) is 3.56. The highest BCUT2D eigenvalue weighted by Gasteiger charge is 2.29. The molecule has 1 aliphatic heterocycles. The largest absolute Gasteiger partial charge is 0.378 e. The number of ether oxygens (including phenoxy) is 1. The monoisotopic (exact) mass is 200 g/mol. The third-order valence-corrected chi connectivity index (χ3v) is 2.90. The van der Waals surface area contributed by atoms with Crippen LogP contribution in [-0.4, -0.2) is 42.8 Å². The second-order valence-electron chi connectivity index (χ2n) is 4.97. The maximum atomic E-state index is 5.73. The Morgan fingerprint density at radius 3 is 2.79 bits per heavy atom. The van der Waals surface area contributed by atoms with Crippen LogP contribution in [0.5, 0.6) is 0 Å². The van der Waals surface area contributed by atoms with Crippen LogP contribution in [0, 0.1) is 0 Å². The zero-order valence-corrected chi connectivity index (χ0v) is 9.75. The summed E-state index contributed by atoms with van der Waals surface area (Å²) in [5, 5.41) is 0. The number of nitrogens with two attached hydrogens (primary N) is 1. The summed E-state index contributed by atoms with van der Waals surface area (Å²) in [6.45, 7) is 10.5. The Kier molecular flexibility index (Phi) is 4.35. The molecule has 0 radical (unpaired) electrons. The first-order chi connectivity index (χ1) is 6.52. The lowest BCUT2D eigenvalue weighted by molar-refractivity contribution is -0.0514. The van der Waals surface area contributed by atoms with Gasteiger partial charge in [0.2, 0.25) is 0 Å². The summed E-state index contributed by atoms with van der Waals surface area (Å²) >= 11 is 0. The van der Waals surface area contributed by atoms with E-state index in [1.807, 2.05) is 0 Å². The van der Waals surface area contributed by atoms with Gasteiger partial charge < -0.3 is 10.5 Å². The zero-order chi connectivity index (χ0) is 10.6. The molecule has 14 heavy (non-hydrogen) atoms. The molecule has 0 bridgehead atoms. The summed E-state index contributed by atoms with van der Waals surface area (Å²) in [5.74, 6) is 0. The topological polar surface area (TPSA) is 38.5 Å². The second kappa shape index (κ2) is 5.10. The smallest absolute Gasteiger partial charge is 0.0645 e. The Hall–Kier alpha value is -0.120. The number of nitrogens with zero attached hydrogens (tertiary/aromatic N) is 1. The molecule has 0 aromatic carbocycles. The Morgan fingerprint density at radius 1 is 1.50 bits per heavy atom. The molecule has 0 aromatic heterocycles. The molecule has 1 heterocycles. The summed E-state index contributed by atoms with van der Waals surface area (Å²) in [7, 11) is 0. The predicted molar refractivity (Wildman–Crippen MR) is 59.4 cm³/mol. The Labute approximate surface area is 87.6 Å². The van der Waals surface area contributed by atoms with Crippen molar-refractivity contribution in [2.45, 2.75) is 45.2 Å². The van der Waals surface area contributed by atoms with Crippen LogP contribution < -0.4 is 5.73 Å². The van der Waals surface area contributed by atoms with Crippen molar-refractivity contribution in [3.05, 3.63) is 0 Å². The van der Waals surface area contributed by atoms with Crippen molar-refractivity contribution in [1.82, 2.24) is 4.90 Å². The summed E-state index contributed by atoms with van der Waals surface area (Å²) < 4.78 is 5.48. The van der Waals surface area contributed by atoms with E-state index in [0.29, 0.717) is 6.04 Å². The molecule has 0 spiro atoms. The van der Waals surface area contributed by atoms with Gasteiger partial charge in [0.1, 0.15) is 0 Å². The van der Waals surface area contributed by atoms with Crippen LogP contribution in [0.25, 0.3) is 0 Å². The van der Waals surface area contributed by atoms with Crippen molar-refractivity contribution in [2.24, 2.45) is 5.73 Å². The van der Waals surface area contributed by atoms with E-state index in [9.17, 15) is 0 Å².